The van der Waals surface area contributed by atoms with E-state index in [1.54, 1.807) is 19.4 Å². The lowest BCUT2D eigenvalue weighted by molar-refractivity contribution is 0.218. The summed E-state index contributed by atoms with van der Waals surface area (Å²) in [5, 5.41) is 0. The van der Waals surface area contributed by atoms with E-state index in [0.717, 1.165) is 29.9 Å². The molecule has 4 nitrogen and oxygen atoms in total. The van der Waals surface area contributed by atoms with Crippen molar-refractivity contribution >= 4 is 0 Å². The number of methoxy groups -OCH3 is 1. The molecule has 0 atom stereocenters. The van der Waals surface area contributed by atoms with Gasteiger partial charge in [-0.25, -0.2) is 9.37 Å². The molecule has 1 aromatic heterocycles. The summed E-state index contributed by atoms with van der Waals surface area (Å²) in [5.41, 5.74) is 1.66. The maximum atomic E-state index is 14.0. The minimum absolute atomic E-state index is 0.163. The van der Waals surface area contributed by atoms with Crippen LogP contribution in [0.1, 0.15) is 24.3 Å². The molecular formula is C21H21FN2O2. The number of rotatable bonds is 7. The fourth-order valence-corrected chi connectivity index (χ4v) is 3.05. The van der Waals surface area contributed by atoms with Gasteiger partial charge in [-0.15, -0.1) is 0 Å². The molecule has 0 unspecified atom stereocenters. The molecule has 0 bridgehead atoms. The van der Waals surface area contributed by atoms with Crippen molar-refractivity contribution in [1.82, 2.24) is 9.88 Å². The summed E-state index contributed by atoms with van der Waals surface area (Å²) in [4.78, 5) is 6.65. The van der Waals surface area contributed by atoms with Crippen molar-refractivity contribution in [3.63, 3.8) is 0 Å². The highest BCUT2D eigenvalue weighted by atomic mass is 19.1. The zero-order valence-corrected chi connectivity index (χ0v) is 14.7. The van der Waals surface area contributed by atoms with Crippen molar-refractivity contribution in [2.45, 2.75) is 32.0 Å². The van der Waals surface area contributed by atoms with Gasteiger partial charge in [-0.2, -0.15) is 0 Å². The van der Waals surface area contributed by atoms with Crippen LogP contribution >= 0.6 is 0 Å². The predicted octanol–water partition coefficient (Wildman–Crippen LogP) is 4.65. The summed E-state index contributed by atoms with van der Waals surface area (Å²) in [7, 11) is 1.64. The Morgan fingerprint density at radius 3 is 2.58 bits per heavy atom. The Bertz CT molecular complexity index is 872. The zero-order valence-electron chi connectivity index (χ0n) is 14.7. The molecule has 0 aliphatic heterocycles. The number of ether oxygens (including phenoxy) is 1. The Labute approximate surface area is 152 Å². The lowest BCUT2D eigenvalue weighted by Crippen LogP contribution is -2.25. The molecule has 0 saturated heterocycles. The van der Waals surface area contributed by atoms with Gasteiger partial charge in [-0.3, -0.25) is 4.90 Å². The summed E-state index contributed by atoms with van der Waals surface area (Å²) in [6.45, 7) is 1.15. The van der Waals surface area contributed by atoms with Gasteiger partial charge < -0.3 is 9.15 Å². The number of benzene rings is 2. The number of halogens is 1. The van der Waals surface area contributed by atoms with Gasteiger partial charge in [-0.05, 0) is 43.2 Å². The van der Waals surface area contributed by atoms with E-state index in [2.05, 4.69) is 9.88 Å². The maximum absolute atomic E-state index is 14.0. The second kappa shape index (κ2) is 7.30. The average molecular weight is 352 g/mol. The molecule has 0 spiro atoms. The van der Waals surface area contributed by atoms with Gasteiger partial charge >= 0.3 is 0 Å². The summed E-state index contributed by atoms with van der Waals surface area (Å²) >= 11 is 0. The van der Waals surface area contributed by atoms with Gasteiger partial charge in [0.1, 0.15) is 11.6 Å². The van der Waals surface area contributed by atoms with E-state index in [1.807, 2.05) is 36.4 Å². The molecule has 134 valence electrons. The molecule has 2 aromatic carbocycles. The van der Waals surface area contributed by atoms with Crippen molar-refractivity contribution in [2.24, 2.45) is 0 Å². The molecule has 5 heteroatoms. The monoisotopic (exact) mass is 352 g/mol. The number of aromatic nitrogens is 1. The van der Waals surface area contributed by atoms with Gasteiger partial charge in [0, 0.05) is 23.7 Å². The van der Waals surface area contributed by atoms with Crippen LogP contribution in [0.2, 0.25) is 0 Å². The van der Waals surface area contributed by atoms with Crippen LogP contribution in [0.25, 0.3) is 11.3 Å². The normalized spacial score (nSPS) is 14.0. The summed E-state index contributed by atoms with van der Waals surface area (Å²) < 4.78 is 25.1. The number of nitrogens with zero attached hydrogens (tertiary/aromatic N) is 2. The molecule has 1 saturated carbocycles. The van der Waals surface area contributed by atoms with Gasteiger partial charge in [0.2, 0.25) is 5.89 Å². The SMILES string of the molecule is COc1ccc(-c2cnc(CN(Cc3ccccc3F)C3CC3)o2)cc1. The molecule has 0 N–H and O–H groups in total. The minimum Gasteiger partial charge on any atom is -0.497 e. The zero-order chi connectivity index (χ0) is 17.9. The van der Waals surface area contributed by atoms with Crippen LogP contribution in [0.5, 0.6) is 5.75 Å². The van der Waals surface area contributed by atoms with Crippen molar-refractivity contribution < 1.29 is 13.5 Å². The number of oxazole rings is 1. The number of hydrogen-bond acceptors (Lipinski definition) is 4. The first-order valence-electron chi connectivity index (χ1n) is 8.79. The van der Waals surface area contributed by atoms with Crippen molar-refractivity contribution in [1.29, 1.82) is 0 Å². The summed E-state index contributed by atoms with van der Waals surface area (Å²) in [6.07, 6.45) is 4.02. The molecule has 26 heavy (non-hydrogen) atoms. The third-order valence-corrected chi connectivity index (χ3v) is 4.66. The Kier molecular flexibility index (Phi) is 4.71. The van der Waals surface area contributed by atoms with Crippen LogP contribution in [0.15, 0.2) is 59.1 Å². The molecule has 4 rings (SSSR count). The lowest BCUT2D eigenvalue weighted by Gasteiger charge is -2.20. The maximum Gasteiger partial charge on any atom is 0.209 e. The topological polar surface area (TPSA) is 38.5 Å². The molecule has 1 heterocycles. The predicted molar refractivity (Wildman–Crippen MR) is 97.2 cm³/mol. The quantitative estimate of drug-likeness (QED) is 0.620. The standard InChI is InChI=1S/C21H21FN2O2/c1-25-18-10-6-15(7-11-18)20-12-23-21(26-20)14-24(17-8-9-17)13-16-4-2-3-5-19(16)22/h2-7,10-12,17H,8-9,13-14H2,1H3. The largest absolute Gasteiger partial charge is 0.497 e. The highest BCUT2D eigenvalue weighted by Crippen LogP contribution is 2.31. The second-order valence-corrected chi connectivity index (χ2v) is 6.57. The van der Waals surface area contributed by atoms with E-state index in [9.17, 15) is 4.39 Å². The lowest BCUT2D eigenvalue weighted by atomic mass is 10.2. The highest BCUT2D eigenvalue weighted by molar-refractivity contribution is 5.57. The fraction of sp³-hybridized carbons (Fsp3) is 0.286. The van der Waals surface area contributed by atoms with Crippen LogP contribution in [0, 0.1) is 5.82 Å². The van der Waals surface area contributed by atoms with Crippen molar-refractivity contribution in [3.8, 4) is 17.1 Å². The molecule has 1 aliphatic carbocycles. The van der Waals surface area contributed by atoms with Crippen molar-refractivity contribution in [2.75, 3.05) is 7.11 Å². The average Bonchev–Trinajstić information content (AvgIpc) is 3.42. The third-order valence-electron chi connectivity index (χ3n) is 4.66. The Balaban J connectivity index is 1.48. The molecule has 0 radical (unpaired) electrons. The van der Waals surface area contributed by atoms with Crippen LogP contribution in [0.4, 0.5) is 4.39 Å². The van der Waals surface area contributed by atoms with Crippen LogP contribution in [-0.4, -0.2) is 23.0 Å². The van der Waals surface area contributed by atoms with E-state index in [0.29, 0.717) is 30.6 Å². The molecule has 0 amide bonds. The van der Waals surface area contributed by atoms with Crippen LogP contribution in [-0.2, 0) is 13.1 Å². The van der Waals surface area contributed by atoms with Crippen LogP contribution < -0.4 is 4.74 Å². The Hall–Kier alpha value is -2.66. The summed E-state index contributed by atoms with van der Waals surface area (Å²) in [6, 6.07) is 15.1. The van der Waals surface area contributed by atoms with Gasteiger partial charge in [0.25, 0.3) is 0 Å². The van der Waals surface area contributed by atoms with E-state index < -0.39 is 0 Å². The summed E-state index contributed by atoms with van der Waals surface area (Å²) in [5.74, 6) is 2.02. The number of hydrogen-bond donors (Lipinski definition) is 0. The third kappa shape index (κ3) is 3.78. The Morgan fingerprint density at radius 2 is 1.88 bits per heavy atom. The first kappa shape index (κ1) is 16.8. The second-order valence-electron chi connectivity index (χ2n) is 6.57. The smallest absolute Gasteiger partial charge is 0.209 e. The first-order chi connectivity index (χ1) is 12.7. The van der Waals surface area contributed by atoms with E-state index in [1.165, 1.54) is 6.07 Å². The molecule has 1 fully saturated rings. The molecule has 3 aromatic rings. The minimum atomic E-state index is -0.163. The molecule has 1 aliphatic rings. The van der Waals surface area contributed by atoms with Gasteiger partial charge in [-0.1, -0.05) is 18.2 Å². The van der Waals surface area contributed by atoms with Crippen molar-refractivity contribution in [3.05, 3.63) is 72.0 Å². The first-order valence-corrected chi connectivity index (χ1v) is 8.79. The van der Waals surface area contributed by atoms with Gasteiger partial charge in [0.15, 0.2) is 5.76 Å². The molecular weight excluding hydrogens is 331 g/mol. The van der Waals surface area contributed by atoms with E-state index >= 15 is 0 Å². The van der Waals surface area contributed by atoms with Gasteiger partial charge in [0.05, 0.1) is 19.9 Å². The van der Waals surface area contributed by atoms with E-state index in [4.69, 9.17) is 9.15 Å². The highest BCUT2D eigenvalue weighted by Gasteiger charge is 2.30. The van der Waals surface area contributed by atoms with E-state index in [-0.39, 0.29) is 5.82 Å². The fourth-order valence-electron chi connectivity index (χ4n) is 3.05. The van der Waals surface area contributed by atoms with Crippen LogP contribution in [0.3, 0.4) is 0 Å². The Morgan fingerprint density at radius 1 is 1.12 bits per heavy atom.